The van der Waals surface area contributed by atoms with Crippen LogP contribution < -0.4 is 10.2 Å². The molecule has 1 aromatic heterocycles. The van der Waals surface area contributed by atoms with Crippen LogP contribution in [-0.4, -0.2) is 52.1 Å². The third-order valence-corrected chi connectivity index (χ3v) is 3.66. The molecule has 3 rings (SSSR count). The highest BCUT2D eigenvalue weighted by Gasteiger charge is 2.33. The van der Waals surface area contributed by atoms with Gasteiger partial charge >= 0.3 is 6.09 Å². The fourth-order valence-electron chi connectivity index (χ4n) is 1.79. The molecule has 2 aliphatic heterocycles. The van der Waals surface area contributed by atoms with Gasteiger partial charge in [0.25, 0.3) is 0 Å². The van der Waals surface area contributed by atoms with Gasteiger partial charge < -0.3 is 15.2 Å². The summed E-state index contributed by atoms with van der Waals surface area (Å²) in [5.74, 6) is 0.794. The summed E-state index contributed by atoms with van der Waals surface area (Å²) in [6.07, 6.45) is 0.307. The Balaban J connectivity index is 1.88. The van der Waals surface area contributed by atoms with E-state index in [4.69, 9.17) is 9.84 Å². The van der Waals surface area contributed by atoms with E-state index in [2.05, 4.69) is 15.3 Å². The monoisotopic (exact) mass is 282 g/mol. The first kappa shape index (κ1) is 12.2. The zero-order valence-electron chi connectivity index (χ0n) is 9.70. The molecular formula is C10H10N4O4S. The van der Waals surface area contributed by atoms with Crippen LogP contribution in [-0.2, 0) is 9.53 Å². The van der Waals surface area contributed by atoms with E-state index in [1.165, 1.54) is 22.9 Å². The van der Waals surface area contributed by atoms with Crippen molar-refractivity contribution in [2.75, 3.05) is 29.1 Å². The smallest absolute Gasteiger partial charge is 0.416 e. The number of aromatic nitrogens is 2. The molecule has 2 amide bonds. The Labute approximate surface area is 112 Å². The number of nitrogens with zero attached hydrogens (tertiary/aromatic N) is 3. The van der Waals surface area contributed by atoms with Crippen molar-refractivity contribution in [3.8, 4) is 0 Å². The number of amides is 2. The Hall–Kier alpha value is -1.87. The zero-order chi connectivity index (χ0) is 13.4. The average Bonchev–Trinajstić information content (AvgIpc) is 2.79. The molecule has 2 aliphatic rings. The molecule has 1 aromatic rings. The van der Waals surface area contributed by atoms with Crippen molar-refractivity contribution in [2.45, 2.75) is 11.1 Å². The molecular weight excluding hydrogens is 272 g/mol. The number of hydrogen-bond acceptors (Lipinski definition) is 7. The van der Waals surface area contributed by atoms with E-state index in [9.17, 15) is 9.59 Å². The number of ether oxygens (including phenoxy) is 1. The minimum atomic E-state index is -0.580. The molecule has 0 aliphatic carbocycles. The molecule has 0 bridgehead atoms. The lowest BCUT2D eigenvalue weighted by Crippen LogP contribution is -2.28. The van der Waals surface area contributed by atoms with Crippen LogP contribution in [0.25, 0.3) is 0 Å². The highest BCUT2D eigenvalue weighted by molar-refractivity contribution is 8.00. The molecule has 9 heteroatoms. The van der Waals surface area contributed by atoms with Gasteiger partial charge in [-0.1, -0.05) is 11.8 Å². The summed E-state index contributed by atoms with van der Waals surface area (Å²) in [7, 11) is 0. The van der Waals surface area contributed by atoms with Gasteiger partial charge in [-0.05, 0) is 0 Å². The first-order valence-corrected chi connectivity index (χ1v) is 6.54. The van der Waals surface area contributed by atoms with Gasteiger partial charge in [-0.2, -0.15) is 0 Å². The summed E-state index contributed by atoms with van der Waals surface area (Å²) in [5, 5.41) is 12.2. The molecule has 0 saturated carbocycles. The van der Waals surface area contributed by atoms with E-state index in [1.807, 2.05) is 0 Å². The van der Waals surface area contributed by atoms with Crippen LogP contribution in [0.4, 0.5) is 16.4 Å². The third kappa shape index (κ3) is 2.22. The number of rotatable bonds is 2. The lowest BCUT2D eigenvalue weighted by molar-refractivity contribution is -0.113. The number of aliphatic hydroxyl groups excluding tert-OH is 1. The standard InChI is InChI=1S/C10H10N4O4S/c15-3-5-2-14(10(17)18-5)6-1-11-9-8(12-6)13-7(16)4-19-9/h1,5,15H,2-4H2,(H,12,13,16)/t5-/m1/s1. The molecule has 3 heterocycles. The predicted molar refractivity (Wildman–Crippen MR) is 66.1 cm³/mol. The van der Waals surface area contributed by atoms with Gasteiger partial charge in [0.2, 0.25) is 5.91 Å². The van der Waals surface area contributed by atoms with Gasteiger partial charge in [0.1, 0.15) is 11.1 Å². The number of aliphatic hydroxyl groups is 1. The fraction of sp³-hybridized carbons (Fsp3) is 0.400. The van der Waals surface area contributed by atoms with Crippen molar-refractivity contribution < 1.29 is 19.4 Å². The van der Waals surface area contributed by atoms with E-state index < -0.39 is 12.2 Å². The first-order valence-electron chi connectivity index (χ1n) is 5.56. The first-order chi connectivity index (χ1) is 9.17. The van der Waals surface area contributed by atoms with Crippen molar-refractivity contribution in [1.82, 2.24) is 9.97 Å². The minimum absolute atomic E-state index is 0.152. The second-order valence-corrected chi connectivity index (χ2v) is 4.98. The zero-order valence-corrected chi connectivity index (χ0v) is 10.5. The van der Waals surface area contributed by atoms with E-state index in [0.29, 0.717) is 22.4 Å². The Morgan fingerprint density at radius 2 is 2.42 bits per heavy atom. The predicted octanol–water partition coefficient (Wildman–Crippen LogP) is -0.162. The number of fused-ring (bicyclic) bond motifs is 1. The Morgan fingerprint density at radius 3 is 3.16 bits per heavy atom. The molecule has 100 valence electrons. The van der Waals surface area contributed by atoms with Gasteiger partial charge in [-0.3, -0.25) is 9.69 Å². The minimum Gasteiger partial charge on any atom is -0.441 e. The SMILES string of the molecule is O=C1CSc2ncc(N3C[C@H](CO)OC3=O)nc2N1. The molecule has 0 unspecified atom stereocenters. The number of hydrogen-bond donors (Lipinski definition) is 2. The van der Waals surface area contributed by atoms with Gasteiger partial charge in [0.05, 0.1) is 25.1 Å². The quantitative estimate of drug-likeness (QED) is 0.776. The highest BCUT2D eigenvalue weighted by Crippen LogP contribution is 2.30. The van der Waals surface area contributed by atoms with Crippen molar-refractivity contribution in [1.29, 1.82) is 0 Å². The lowest BCUT2D eigenvalue weighted by Gasteiger charge is -2.17. The second-order valence-electron chi connectivity index (χ2n) is 4.02. The number of carbonyl (C=O) groups is 2. The number of anilines is 2. The van der Waals surface area contributed by atoms with Gasteiger partial charge in [0, 0.05) is 0 Å². The van der Waals surface area contributed by atoms with Crippen molar-refractivity contribution in [2.24, 2.45) is 0 Å². The highest BCUT2D eigenvalue weighted by atomic mass is 32.2. The lowest BCUT2D eigenvalue weighted by atomic mass is 10.4. The van der Waals surface area contributed by atoms with Crippen molar-refractivity contribution in [3.05, 3.63) is 6.20 Å². The van der Waals surface area contributed by atoms with Crippen molar-refractivity contribution in [3.63, 3.8) is 0 Å². The molecule has 8 nitrogen and oxygen atoms in total. The molecule has 1 fully saturated rings. The molecule has 1 saturated heterocycles. The molecule has 0 aromatic carbocycles. The molecule has 19 heavy (non-hydrogen) atoms. The van der Waals surface area contributed by atoms with E-state index in [0.717, 1.165) is 0 Å². The molecule has 1 atom stereocenters. The maximum Gasteiger partial charge on any atom is 0.416 e. The van der Waals surface area contributed by atoms with Gasteiger partial charge in [-0.25, -0.2) is 14.8 Å². The maximum absolute atomic E-state index is 11.6. The van der Waals surface area contributed by atoms with Crippen LogP contribution >= 0.6 is 11.8 Å². The third-order valence-electron chi connectivity index (χ3n) is 2.68. The van der Waals surface area contributed by atoms with E-state index in [-0.39, 0.29) is 19.1 Å². The maximum atomic E-state index is 11.6. The molecule has 0 spiro atoms. The largest absolute Gasteiger partial charge is 0.441 e. The Bertz CT molecular complexity index is 552. The normalized spacial score (nSPS) is 21.9. The molecule has 0 radical (unpaired) electrons. The van der Waals surface area contributed by atoms with Crippen LogP contribution in [0.15, 0.2) is 11.2 Å². The van der Waals surface area contributed by atoms with Crippen LogP contribution in [0, 0.1) is 0 Å². The van der Waals surface area contributed by atoms with E-state index >= 15 is 0 Å². The van der Waals surface area contributed by atoms with E-state index in [1.54, 1.807) is 0 Å². The fourth-order valence-corrected chi connectivity index (χ4v) is 2.49. The Kier molecular flexibility index (Phi) is 2.99. The molecule has 2 N–H and O–H groups in total. The summed E-state index contributed by atoms with van der Waals surface area (Å²) in [5.41, 5.74) is 0. The van der Waals surface area contributed by atoms with Crippen molar-refractivity contribution >= 4 is 35.4 Å². The summed E-state index contributed by atoms with van der Waals surface area (Å²) < 4.78 is 4.92. The number of carbonyl (C=O) groups excluding carboxylic acids is 2. The second kappa shape index (κ2) is 4.67. The summed E-state index contributed by atoms with van der Waals surface area (Å²) >= 11 is 1.29. The Morgan fingerprint density at radius 1 is 1.58 bits per heavy atom. The van der Waals surface area contributed by atoms with Crippen LogP contribution in [0.2, 0.25) is 0 Å². The summed E-state index contributed by atoms with van der Waals surface area (Å²) in [4.78, 5) is 32.5. The number of cyclic esters (lactones) is 1. The van der Waals surface area contributed by atoms with Crippen LogP contribution in [0.3, 0.4) is 0 Å². The average molecular weight is 282 g/mol. The number of thioether (sulfide) groups is 1. The topological polar surface area (TPSA) is 105 Å². The van der Waals surface area contributed by atoms with Gasteiger partial charge in [0.15, 0.2) is 11.6 Å². The summed E-state index contributed by atoms with van der Waals surface area (Å²) in [6, 6.07) is 0. The van der Waals surface area contributed by atoms with Crippen LogP contribution in [0.1, 0.15) is 0 Å². The summed E-state index contributed by atoms with van der Waals surface area (Å²) in [6.45, 7) is -0.0307. The van der Waals surface area contributed by atoms with Crippen LogP contribution in [0.5, 0.6) is 0 Å². The number of nitrogens with one attached hydrogen (secondary N) is 1. The van der Waals surface area contributed by atoms with Gasteiger partial charge in [-0.15, -0.1) is 0 Å².